The van der Waals surface area contributed by atoms with Gasteiger partial charge in [0.15, 0.2) is 5.69 Å². The van der Waals surface area contributed by atoms with E-state index in [4.69, 9.17) is 11.0 Å². The molecule has 176 valence electrons. The number of rotatable bonds is 4. The Labute approximate surface area is 219 Å². The fourth-order valence-corrected chi connectivity index (χ4v) is 4.75. The maximum absolute atomic E-state index is 9.60. The van der Waals surface area contributed by atoms with E-state index in [1.807, 2.05) is 71.6 Å². The number of fused-ring (bicyclic) bond motifs is 3. The Hall–Kier alpha value is -5.83. The highest BCUT2D eigenvalue weighted by molar-refractivity contribution is 6.09. The van der Waals surface area contributed by atoms with Gasteiger partial charge in [0, 0.05) is 33.4 Å². The summed E-state index contributed by atoms with van der Waals surface area (Å²) in [4.78, 5) is 5.50. The van der Waals surface area contributed by atoms with Crippen LogP contribution in [0, 0.1) is 29.2 Å². The van der Waals surface area contributed by atoms with Gasteiger partial charge in [-0.3, -0.25) is 0 Å². The number of furan rings is 1. The molecule has 0 saturated carbocycles. The highest BCUT2D eigenvalue weighted by Crippen LogP contribution is 2.39. The summed E-state index contributed by atoms with van der Waals surface area (Å²) in [5.41, 5.74) is 7.34. The van der Waals surface area contributed by atoms with Gasteiger partial charge in [-0.15, -0.1) is 0 Å². The Morgan fingerprint density at radius 2 is 1.32 bits per heavy atom. The zero-order valence-electron chi connectivity index (χ0n) is 20.1. The molecule has 0 spiro atoms. The molecule has 0 aliphatic carbocycles. The SMILES string of the molecule is [C-]#[N+]c1ccc(N(c2ccc(-c3cccc4c3oc3ccccc34)cc2)c2ccc(C#N)c(C#N)c2)cc1. The van der Waals surface area contributed by atoms with Crippen molar-refractivity contribution in [3.8, 4) is 23.3 Å². The van der Waals surface area contributed by atoms with E-state index in [9.17, 15) is 10.5 Å². The van der Waals surface area contributed by atoms with Crippen molar-refractivity contribution in [2.45, 2.75) is 0 Å². The Kier molecular flexibility index (Phi) is 5.55. The number of para-hydroxylation sites is 2. The van der Waals surface area contributed by atoms with Crippen LogP contribution in [0.4, 0.5) is 22.7 Å². The van der Waals surface area contributed by atoms with Crippen LogP contribution in [0.3, 0.4) is 0 Å². The molecule has 5 aromatic carbocycles. The van der Waals surface area contributed by atoms with E-state index in [0.717, 1.165) is 50.1 Å². The second kappa shape index (κ2) is 9.32. The average molecular weight is 487 g/mol. The summed E-state index contributed by atoms with van der Waals surface area (Å²) in [6, 6.07) is 39.0. The maximum atomic E-state index is 9.60. The predicted octanol–water partition coefficient (Wildman–Crippen LogP) is 9.02. The highest BCUT2D eigenvalue weighted by Gasteiger charge is 2.16. The second-order valence-electron chi connectivity index (χ2n) is 8.74. The van der Waals surface area contributed by atoms with E-state index in [0.29, 0.717) is 16.8 Å². The van der Waals surface area contributed by atoms with Gasteiger partial charge in [0.1, 0.15) is 23.3 Å². The highest BCUT2D eigenvalue weighted by atomic mass is 16.3. The summed E-state index contributed by atoms with van der Waals surface area (Å²) in [5.74, 6) is 0. The van der Waals surface area contributed by atoms with Gasteiger partial charge in [-0.1, -0.05) is 60.7 Å². The third-order valence-electron chi connectivity index (χ3n) is 6.58. The lowest BCUT2D eigenvalue weighted by atomic mass is 10.0. The van der Waals surface area contributed by atoms with E-state index in [1.54, 1.807) is 24.3 Å². The van der Waals surface area contributed by atoms with Gasteiger partial charge < -0.3 is 9.32 Å². The van der Waals surface area contributed by atoms with Gasteiger partial charge in [-0.2, -0.15) is 10.5 Å². The van der Waals surface area contributed by atoms with E-state index < -0.39 is 0 Å². The van der Waals surface area contributed by atoms with Crippen LogP contribution in [0.25, 0.3) is 37.9 Å². The zero-order valence-corrected chi connectivity index (χ0v) is 20.1. The molecule has 38 heavy (non-hydrogen) atoms. The van der Waals surface area contributed by atoms with Gasteiger partial charge in [0.25, 0.3) is 0 Å². The smallest absolute Gasteiger partial charge is 0.187 e. The summed E-state index contributed by atoms with van der Waals surface area (Å²) in [6.07, 6.45) is 0. The minimum atomic E-state index is 0.306. The van der Waals surface area contributed by atoms with Crippen molar-refractivity contribution in [2.75, 3.05) is 4.90 Å². The Bertz CT molecular complexity index is 1950. The van der Waals surface area contributed by atoms with Crippen LogP contribution in [0.2, 0.25) is 0 Å². The monoisotopic (exact) mass is 486 g/mol. The van der Waals surface area contributed by atoms with E-state index in [-0.39, 0.29) is 0 Å². The third-order valence-corrected chi connectivity index (χ3v) is 6.58. The zero-order chi connectivity index (χ0) is 26.1. The van der Waals surface area contributed by atoms with Gasteiger partial charge in [0.05, 0.1) is 17.7 Å². The Morgan fingerprint density at radius 3 is 2.03 bits per heavy atom. The van der Waals surface area contributed by atoms with Crippen molar-refractivity contribution in [3.05, 3.63) is 132 Å². The van der Waals surface area contributed by atoms with Crippen LogP contribution in [0.5, 0.6) is 0 Å². The van der Waals surface area contributed by atoms with Crippen LogP contribution in [0.1, 0.15) is 11.1 Å². The van der Waals surface area contributed by atoms with E-state index >= 15 is 0 Å². The van der Waals surface area contributed by atoms with Gasteiger partial charge in [-0.25, -0.2) is 4.85 Å². The van der Waals surface area contributed by atoms with Crippen LogP contribution in [-0.4, -0.2) is 0 Å². The first-order valence-corrected chi connectivity index (χ1v) is 11.9. The van der Waals surface area contributed by atoms with Crippen molar-refractivity contribution >= 4 is 44.7 Å². The van der Waals surface area contributed by atoms with Crippen molar-refractivity contribution < 1.29 is 4.42 Å². The van der Waals surface area contributed by atoms with Crippen molar-refractivity contribution in [1.29, 1.82) is 10.5 Å². The number of hydrogen-bond acceptors (Lipinski definition) is 4. The fourth-order valence-electron chi connectivity index (χ4n) is 4.75. The Morgan fingerprint density at radius 1 is 0.658 bits per heavy atom. The molecule has 1 aromatic heterocycles. The standard InChI is InChI=1S/C33H18N4O/c1-36-25-12-17-27(18-13-25)37(28-16-11-23(20-34)24(19-28)21-35)26-14-9-22(10-15-26)29-6-4-7-31-30-5-2-3-8-32(30)38-33(29)31/h2-19H. The second-order valence-corrected chi connectivity index (χ2v) is 8.74. The lowest BCUT2D eigenvalue weighted by Crippen LogP contribution is -2.10. The van der Waals surface area contributed by atoms with Crippen LogP contribution in [0.15, 0.2) is 114 Å². The summed E-state index contributed by atoms with van der Waals surface area (Å²) in [7, 11) is 0. The third kappa shape index (κ3) is 3.80. The molecular weight excluding hydrogens is 468 g/mol. The summed E-state index contributed by atoms with van der Waals surface area (Å²) >= 11 is 0. The summed E-state index contributed by atoms with van der Waals surface area (Å²) in [5, 5.41) is 21.1. The molecule has 0 fully saturated rings. The minimum Gasteiger partial charge on any atom is -0.455 e. The molecule has 1 heterocycles. The lowest BCUT2D eigenvalue weighted by molar-refractivity contribution is 0.670. The predicted molar refractivity (Wildman–Crippen MR) is 150 cm³/mol. The van der Waals surface area contributed by atoms with E-state index in [1.165, 1.54) is 0 Å². The van der Waals surface area contributed by atoms with Crippen molar-refractivity contribution in [3.63, 3.8) is 0 Å². The molecule has 6 rings (SSSR count). The number of benzene rings is 5. The van der Waals surface area contributed by atoms with Gasteiger partial charge in [-0.05, 0) is 54.1 Å². The normalized spacial score (nSPS) is 10.6. The summed E-state index contributed by atoms with van der Waals surface area (Å²) < 4.78 is 6.23. The molecule has 0 aliphatic rings. The number of nitrogens with zero attached hydrogens (tertiary/aromatic N) is 4. The van der Waals surface area contributed by atoms with Gasteiger partial charge >= 0.3 is 0 Å². The van der Waals surface area contributed by atoms with Crippen LogP contribution < -0.4 is 4.90 Å². The number of nitriles is 2. The molecule has 0 saturated heterocycles. The Balaban J connectivity index is 1.47. The molecule has 0 amide bonds. The number of hydrogen-bond donors (Lipinski definition) is 0. The van der Waals surface area contributed by atoms with E-state index in [2.05, 4.69) is 35.2 Å². The minimum absolute atomic E-state index is 0.306. The molecular formula is C33H18N4O. The average Bonchev–Trinajstić information content (AvgIpc) is 3.37. The largest absolute Gasteiger partial charge is 0.455 e. The molecule has 5 heteroatoms. The summed E-state index contributed by atoms with van der Waals surface area (Å²) in [6.45, 7) is 7.28. The maximum Gasteiger partial charge on any atom is 0.187 e. The lowest BCUT2D eigenvalue weighted by Gasteiger charge is -2.26. The van der Waals surface area contributed by atoms with Crippen LogP contribution in [-0.2, 0) is 0 Å². The molecule has 0 N–H and O–H groups in total. The van der Waals surface area contributed by atoms with Gasteiger partial charge in [0.2, 0.25) is 0 Å². The first-order chi connectivity index (χ1) is 18.7. The molecule has 0 unspecified atom stereocenters. The molecule has 0 aliphatic heterocycles. The molecule has 0 bridgehead atoms. The molecule has 5 nitrogen and oxygen atoms in total. The quantitative estimate of drug-likeness (QED) is 0.233. The molecule has 6 aromatic rings. The topological polar surface area (TPSA) is 68.3 Å². The molecule has 0 atom stereocenters. The van der Waals surface area contributed by atoms with Crippen molar-refractivity contribution in [2.24, 2.45) is 0 Å². The fraction of sp³-hybridized carbons (Fsp3) is 0. The first-order valence-electron chi connectivity index (χ1n) is 11.9. The number of anilines is 3. The first kappa shape index (κ1) is 22.6. The van der Waals surface area contributed by atoms with Crippen LogP contribution >= 0.6 is 0 Å². The molecule has 0 radical (unpaired) electrons. The van der Waals surface area contributed by atoms with Crippen molar-refractivity contribution in [1.82, 2.24) is 0 Å².